The standard InChI is InChI=1S/C23H21ClN2O2/c24-20-11-5-4-9-17(20)19-13-23(28)26(21-12-6-10-18(19)21)15-22(27)25-14-16-7-2-1-3-8-16/h1-5,7-9,11,13H,6,10,12,14-15H2,(H,25,27). The van der Waals surface area contributed by atoms with Gasteiger partial charge in [0.1, 0.15) is 6.54 Å². The van der Waals surface area contributed by atoms with Gasteiger partial charge in [0.2, 0.25) is 5.91 Å². The highest BCUT2D eigenvalue weighted by molar-refractivity contribution is 6.33. The van der Waals surface area contributed by atoms with Crippen LogP contribution in [0.1, 0.15) is 23.2 Å². The maximum Gasteiger partial charge on any atom is 0.251 e. The third-order valence-electron chi connectivity index (χ3n) is 5.17. The van der Waals surface area contributed by atoms with Crippen molar-refractivity contribution in [2.24, 2.45) is 0 Å². The Kier molecular flexibility index (Phi) is 5.31. The molecule has 1 aliphatic carbocycles. The molecule has 0 bridgehead atoms. The number of aromatic nitrogens is 1. The smallest absolute Gasteiger partial charge is 0.251 e. The third kappa shape index (κ3) is 3.73. The number of fused-ring (bicyclic) bond motifs is 1. The minimum atomic E-state index is -0.162. The largest absolute Gasteiger partial charge is 0.350 e. The van der Waals surface area contributed by atoms with Crippen LogP contribution in [0.2, 0.25) is 5.02 Å². The highest BCUT2D eigenvalue weighted by Gasteiger charge is 2.23. The van der Waals surface area contributed by atoms with Crippen molar-refractivity contribution in [2.45, 2.75) is 32.4 Å². The first kappa shape index (κ1) is 18.5. The average molecular weight is 393 g/mol. The summed E-state index contributed by atoms with van der Waals surface area (Å²) in [5.41, 5.74) is 4.72. The molecule has 28 heavy (non-hydrogen) atoms. The van der Waals surface area contributed by atoms with Gasteiger partial charge in [-0.25, -0.2) is 0 Å². The predicted octanol–water partition coefficient (Wildman–Crippen LogP) is 3.97. The molecule has 0 aliphatic heterocycles. The molecule has 0 fully saturated rings. The highest BCUT2D eigenvalue weighted by atomic mass is 35.5. The first-order chi connectivity index (χ1) is 13.6. The molecule has 2 aromatic carbocycles. The summed E-state index contributed by atoms with van der Waals surface area (Å²) in [7, 11) is 0. The van der Waals surface area contributed by atoms with Gasteiger partial charge < -0.3 is 9.88 Å². The maximum atomic E-state index is 12.8. The number of benzene rings is 2. The molecule has 1 aromatic heterocycles. The number of hydrogen-bond acceptors (Lipinski definition) is 2. The summed E-state index contributed by atoms with van der Waals surface area (Å²) in [5.74, 6) is -0.162. The first-order valence-corrected chi connectivity index (χ1v) is 9.82. The molecule has 1 amide bonds. The van der Waals surface area contributed by atoms with E-state index in [2.05, 4.69) is 5.32 Å². The summed E-state index contributed by atoms with van der Waals surface area (Å²) in [6.07, 6.45) is 2.67. The van der Waals surface area contributed by atoms with Gasteiger partial charge in [0.05, 0.1) is 0 Å². The topological polar surface area (TPSA) is 51.1 Å². The summed E-state index contributed by atoms with van der Waals surface area (Å²) in [6.45, 7) is 0.491. The maximum absolute atomic E-state index is 12.8. The van der Waals surface area contributed by atoms with Crippen molar-refractivity contribution in [1.29, 1.82) is 0 Å². The van der Waals surface area contributed by atoms with Crippen molar-refractivity contribution < 1.29 is 4.79 Å². The van der Waals surface area contributed by atoms with Crippen molar-refractivity contribution in [3.8, 4) is 11.1 Å². The number of carbonyl (C=O) groups excluding carboxylic acids is 1. The minimum Gasteiger partial charge on any atom is -0.350 e. The van der Waals surface area contributed by atoms with Crippen LogP contribution < -0.4 is 10.9 Å². The van der Waals surface area contributed by atoms with Gasteiger partial charge in [0.25, 0.3) is 5.56 Å². The predicted molar refractivity (Wildman–Crippen MR) is 111 cm³/mol. The Morgan fingerprint density at radius 1 is 1.00 bits per heavy atom. The van der Waals surface area contributed by atoms with Crippen molar-refractivity contribution in [2.75, 3.05) is 0 Å². The second kappa shape index (κ2) is 8.03. The van der Waals surface area contributed by atoms with E-state index in [-0.39, 0.29) is 18.0 Å². The van der Waals surface area contributed by atoms with Gasteiger partial charge in [-0.05, 0) is 42.0 Å². The van der Waals surface area contributed by atoms with E-state index in [9.17, 15) is 9.59 Å². The van der Waals surface area contributed by atoms with Gasteiger partial charge in [-0.3, -0.25) is 9.59 Å². The van der Waals surface area contributed by atoms with Crippen LogP contribution in [0.5, 0.6) is 0 Å². The number of nitrogens with zero attached hydrogens (tertiary/aromatic N) is 1. The number of hydrogen-bond donors (Lipinski definition) is 1. The Bertz CT molecular complexity index is 1070. The molecular formula is C23H21ClN2O2. The van der Waals surface area contributed by atoms with Gasteiger partial charge in [0, 0.05) is 28.9 Å². The lowest BCUT2D eigenvalue weighted by molar-refractivity contribution is -0.121. The monoisotopic (exact) mass is 392 g/mol. The van der Waals surface area contributed by atoms with Crippen LogP contribution in [-0.2, 0) is 30.7 Å². The molecule has 0 saturated heterocycles. The van der Waals surface area contributed by atoms with E-state index in [1.807, 2.05) is 54.6 Å². The highest BCUT2D eigenvalue weighted by Crippen LogP contribution is 2.34. The quantitative estimate of drug-likeness (QED) is 0.714. The van der Waals surface area contributed by atoms with Crippen LogP contribution in [0.25, 0.3) is 11.1 Å². The number of amides is 1. The molecule has 0 unspecified atom stereocenters. The zero-order valence-electron chi connectivity index (χ0n) is 15.5. The van der Waals surface area contributed by atoms with Crippen LogP contribution in [-0.4, -0.2) is 10.5 Å². The molecule has 0 radical (unpaired) electrons. The Labute approximate surface area is 168 Å². The van der Waals surface area contributed by atoms with E-state index in [0.29, 0.717) is 11.6 Å². The first-order valence-electron chi connectivity index (χ1n) is 9.44. The van der Waals surface area contributed by atoms with Crippen molar-refractivity contribution >= 4 is 17.5 Å². The molecule has 142 valence electrons. The molecule has 1 aliphatic rings. The van der Waals surface area contributed by atoms with Crippen LogP contribution in [0, 0.1) is 0 Å². The number of halogens is 1. The lowest BCUT2D eigenvalue weighted by Crippen LogP contribution is -2.33. The molecule has 0 saturated carbocycles. The van der Waals surface area contributed by atoms with Gasteiger partial charge in [0.15, 0.2) is 0 Å². The number of nitrogens with one attached hydrogen (secondary N) is 1. The Hall–Kier alpha value is -2.85. The summed E-state index contributed by atoms with van der Waals surface area (Å²) < 4.78 is 1.61. The second-order valence-corrected chi connectivity index (χ2v) is 7.41. The third-order valence-corrected chi connectivity index (χ3v) is 5.50. The van der Waals surface area contributed by atoms with Crippen LogP contribution >= 0.6 is 11.6 Å². The number of carbonyl (C=O) groups is 1. The van der Waals surface area contributed by atoms with Gasteiger partial charge in [-0.1, -0.05) is 60.1 Å². The summed E-state index contributed by atoms with van der Waals surface area (Å²) in [5, 5.41) is 3.54. The molecule has 0 spiro atoms. The second-order valence-electron chi connectivity index (χ2n) is 7.00. The Balaban J connectivity index is 1.61. The van der Waals surface area contributed by atoms with Crippen LogP contribution in [0.15, 0.2) is 65.5 Å². The summed E-state index contributed by atoms with van der Waals surface area (Å²) >= 11 is 6.36. The normalized spacial score (nSPS) is 12.6. The molecule has 3 aromatic rings. The van der Waals surface area contributed by atoms with E-state index < -0.39 is 0 Å². The molecule has 4 nitrogen and oxygen atoms in total. The van der Waals surface area contributed by atoms with Crippen LogP contribution in [0.3, 0.4) is 0 Å². The van der Waals surface area contributed by atoms with E-state index in [4.69, 9.17) is 11.6 Å². The van der Waals surface area contributed by atoms with E-state index in [1.165, 1.54) is 0 Å². The zero-order valence-corrected chi connectivity index (χ0v) is 16.2. The Morgan fingerprint density at radius 3 is 2.54 bits per heavy atom. The van der Waals surface area contributed by atoms with E-state index in [0.717, 1.165) is 47.2 Å². The average Bonchev–Trinajstić information content (AvgIpc) is 3.19. The summed E-state index contributed by atoms with van der Waals surface area (Å²) in [4.78, 5) is 25.3. The van der Waals surface area contributed by atoms with Gasteiger partial charge in [-0.2, -0.15) is 0 Å². The minimum absolute atomic E-state index is 0.0385. The SMILES string of the molecule is O=C(Cn1c2c(c(-c3ccccc3Cl)cc1=O)CCC2)NCc1ccccc1. The number of pyridine rings is 1. The summed E-state index contributed by atoms with van der Waals surface area (Å²) in [6, 6.07) is 18.9. The number of rotatable bonds is 5. The van der Waals surface area contributed by atoms with Crippen molar-refractivity contribution in [1.82, 2.24) is 9.88 Å². The van der Waals surface area contributed by atoms with Crippen LogP contribution in [0.4, 0.5) is 0 Å². The van der Waals surface area contributed by atoms with Crippen molar-refractivity contribution in [3.63, 3.8) is 0 Å². The molecule has 0 atom stereocenters. The lowest BCUT2D eigenvalue weighted by atomic mass is 9.99. The van der Waals surface area contributed by atoms with E-state index >= 15 is 0 Å². The van der Waals surface area contributed by atoms with Crippen molar-refractivity contribution in [3.05, 3.63) is 92.9 Å². The fraction of sp³-hybridized carbons (Fsp3) is 0.217. The molecular weight excluding hydrogens is 372 g/mol. The Morgan fingerprint density at radius 2 is 1.75 bits per heavy atom. The molecule has 5 heteroatoms. The zero-order chi connectivity index (χ0) is 19.5. The lowest BCUT2D eigenvalue weighted by Gasteiger charge is -2.16. The van der Waals surface area contributed by atoms with Gasteiger partial charge in [-0.15, -0.1) is 0 Å². The van der Waals surface area contributed by atoms with E-state index in [1.54, 1.807) is 10.6 Å². The fourth-order valence-corrected chi connectivity index (χ4v) is 4.06. The molecule has 1 heterocycles. The molecule has 4 rings (SSSR count). The molecule has 1 N–H and O–H groups in total. The fourth-order valence-electron chi connectivity index (χ4n) is 3.83. The van der Waals surface area contributed by atoms with Gasteiger partial charge >= 0.3 is 0 Å².